The number of nitrogens with one attached hydrogen (secondary N) is 1. The first-order chi connectivity index (χ1) is 7.25. The number of nitrogens with zero attached hydrogens (tertiary/aromatic N) is 1. The maximum atomic E-state index is 13.0. The van der Waals surface area contributed by atoms with E-state index in [9.17, 15) is 4.39 Å². The highest BCUT2D eigenvalue weighted by molar-refractivity contribution is 9.10. The molecule has 3 nitrogen and oxygen atoms in total. The molecule has 15 heavy (non-hydrogen) atoms. The molecule has 0 atom stereocenters. The summed E-state index contributed by atoms with van der Waals surface area (Å²) in [6, 6.07) is 4.69. The minimum Gasteiger partial charge on any atom is -0.396 e. The molecule has 0 amide bonds. The zero-order valence-corrected chi connectivity index (χ0v) is 9.67. The van der Waals surface area contributed by atoms with Gasteiger partial charge in [0, 0.05) is 12.8 Å². The number of unbranched alkanes of at least 4 members (excludes halogenated alkanes) is 1. The van der Waals surface area contributed by atoms with Crippen molar-refractivity contribution >= 4 is 27.8 Å². The van der Waals surface area contributed by atoms with Gasteiger partial charge in [-0.25, -0.2) is 4.39 Å². The maximum absolute atomic E-state index is 13.0. The molecule has 1 aromatic rings. The molecule has 0 aromatic heterocycles. The normalized spacial score (nSPS) is 10.9. The van der Waals surface area contributed by atoms with E-state index in [0.717, 1.165) is 0 Å². The molecule has 1 rings (SSSR count). The predicted molar refractivity (Wildman–Crippen MR) is 62.5 cm³/mol. The summed E-state index contributed by atoms with van der Waals surface area (Å²) in [5.41, 5.74) is 3.29. The Bertz CT molecular complexity index is 344. The molecule has 2 N–H and O–H groups in total. The Morgan fingerprint density at radius 1 is 1.53 bits per heavy atom. The second-order valence-electron chi connectivity index (χ2n) is 2.89. The van der Waals surface area contributed by atoms with Gasteiger partial charge in [-0.3, -0.25) is 5.43 Å². The van der Waals surface area contributed by atoms with Crippen LogP contribution in [0.25, 0.3) is 0 Å². The van der Waals surface area contributed by atoms with E-state index >= 15 is 0 Å². The van der Waals surface area contributed by atoms with E-state index in [0.29, 0.717) is 23.0 Å². The zero-order valence-electron chi connectivity index (χ0n) is 8.08. The van der Waals surface area contributed by atoms with Crippen LogP contribution in [0.2, 0.25) is 0 Å². The molecule has 5 heteroatoms. The SMILES string of the molecule is OCCC/C=N/Nc1cccc(F)c1Br. The Hall–Kier alpha value is -0.940. The third-order valence-corrected chi connectivity index (χ3v) is 2.53. The van der Waals surface area contributed by atoms with E-state index < -0.39 is 0 Å². The number of anilines is 1. The maximum Gasteiger partial charge on any atom is 0.139 e. The highest BCUT2D eigenvalue weighted by Crippen LogP contribution is 2.24. The van der Waals surface area contributed by atoms with Crippen molar-refractivity contribution in [2.45, 2.75) is 12.8 Å². The van der Waals surface area contributed by atoms with Crippen molar-refractivity contribution in [1.82, 2.24) is 0 Å². The summed E-state index contributed by atoms with van der Waals surface area (Å²) >= 11 is 3.11. The van der Waals surface area contributed by atoms with Crippen molar-refractivity contribution in [1.29, 1.82) is 0 Å². The van der Waals surface area contributed by atoms with Crippen LogP contribution in [0.3, 0.4) is 0 Å². The van der Waals surface area contributed by atoms with Crippen molar-refractivity contribution in [3.63, 3.8) is 0 Å². The highest BCUT2D eigenvalue weighted by atomic mass is 79.9. The van der Waals surface area contributed by atoms with Gasteiger partial charge in [-0.2, -0.15) is 5.10 Å². The third-order valence-electron chi connectivity index (χ3n) is 1.72. The third kappa shape index (κ3) is 3.97. The fraction of sp³-hybridized carbons (Fsp3) is 0.300. The lowest BCUT2D eigenvalue weighted by Crippen LogP contribution is -1.93. The molecule has 0 aliphatic carbocycles. The molecule has 0 fully saturated rings. The summed E-state index contributed by atoms with van der Waals surface area (Å²) in [4.78, 5) is 0. The standard InChI is InChI=1S/C10H12BrFN2O/c11-10-8(12)4-3-5-9(10)14-13-6-1-2-7-15/h3-6,14-15H,1-2,7H2/b13-6+. The number of hydrogen-bond donors (Lipinski definition) is 2. The van der Waals surface area contributed by atoms with Crippen molar-refractivity contribution in [2.75, 3.05) is 12.0 Å². The molecule has 0 aliphatic heterocycles. The summed E-state index contributed by atoms with van der Waals surface area (Å²) in [5.74, 6) is -0.328. The highest BCUT2D eigenvalue weighted by Gasteiger charge is 2.02. The second-order valence-corrected chi connectivity index (χ2v) is 3.68. The van der Waals surface area contributed by atoms with Crippen LogP contribution in [0.1, 0.15) is 12.8 Å². The van der Waals surface area contributed by atoms with Crippen LogP contribution in [-0.2, 0) is 0 Å². The topological polar surface area (TPSA) is 44.6 Å². The molecular weight excluding hydrogens is 263 g/mol. The smallest absolute Gasteiger partial charge is 0.139 e. The van der Waals surface area contributed by atoms with E-state index in [-0.39, 0.29) is 12.4 Å². The molecule has 0 bridgehead atoms. The molecule has 0 spiro atoms. The van der Waals surface area contributed by atoms with Gasteiger partial charge in [-0.05, 0) is 40.9 Å². The summed E-state index contributed by atoms with van der Waals surface area (Å²) < 4.78 is 13.4. The summed E-state index contributed by atoms with van der Waals surface area (Å²) in [5, 5.41) is 12.4. The van der Waals surface area contributed by atoms with Gasteiger partial charge in [0.15, 0.2) is 0 Å². The van der Waals surface area contributed by atoms with E-state index in [1.54, 1.807) is 18.3 Å². The van der Waals surface area contributed by atoms with Crippen LogP contribution >= 0.6 is 15.9 Å². The van der Waals surface area contributed by atoms with E-state index in [1.807, 2.05) is 0 Å². The Kier molecular flexibility index (Phi) is 5.28. The van der Waals surface area contributed by atoms with Crippen LogP contribution in [0.15, 0.2) is 27.8 Å². The first kappa shape index (κ1) is 12.1. The van der Waals surface area contributed by atoms with Gasteiger partial charge in [-0.15, -0.1) is 0 Å². The van der Waals surface area contributed by atoms with E-state index in [2.05, 4.69) is 26.5 Å². The Labute approximate surface area is 96.1 Å². The van der Waals surface area contributed by atoms with Gasteiger partial charge >= 0.3 is 0 Å². The number of halogens is 2. The average Bonchev–Trinajstić information content (AvgIpc) is 2.24. The van der Waals surface area contributed by atoms with Gasteiger partial charge in [0.05, 0.1) is 10.2 Å². The molecule has 0 saturated carbocycles. The van der Waals surface area contributed by atoms with Crippen molar-refractivity contribution in [2.24, 2.45) is 5.10 Å². The van der Waals surface area contributed by atoms with Crippen LogP contribution in [0.5, 0.6) is 0 Å². The largest absolute Gasteiger partial charge is 0.396 e. The average molecular weight is 275 g/mol. The van der Waals surface area contributed by atoms with E-state index in [4.69, 9.17) is 5.11 Å². The monoisotopic (exact) mass is 274 g/mol. The lowest BCUT2D eigenvalue weighted by molar-refractivity contribution is 0.291. The van der Waals surface area contributed by atoms with Crippen molar-refractivity contribution in [3.8, 4) is 0 Å². The summed E-state index contributed by atoms with van der Waals surface area (Å²) in [6.45, 7) is 0.148. The number of hydrazone groups is 1. The van der Waals surface area contributed by atoms with Gasteiger partial charge < -0.3 is 5.11 Å². The number of rotatable bonds is 5. The van der Waals surface area contributed by atoms with Crippen LogP contribution in [0, 0.1) is 5.82 Å². The Morgan fingerprint density at radius 2 is 2.33 bits per heavy atom. The molecule has 82 valence electrons. The molecular formula is C10H12BrFN2O. The second kappa shape index (κ2) is 6.53. The van der Waals surface area contributed by atoms with Gasteiger partial charge in [0.25, 0.3) is 0 Å². The lowest BCUT2D eigenvalue weighted by Gasteiger charge is -2.03. The minimum absolute atomic E-state index is 0.148. The molecule has 0 aliphatic rings. The Morgan fingerprint density at radius 3 is 3.07 bits per heavy atom. The van der Waals surface area contributed by atoms with Crippen LogP contribution in [-0.4, -0.2) is 17.9 Å². The Balaban J connectivity index is 2.50. The summed E-state index contributed by atoms with van der Waals surface area (Å²) in [6.07, 6.45) is 3.01. The van der Waals surface area contributed by atoms with Gasteiger partial charge in [-0.1, -0.05) is 6.07 Å². The first-order valence-electron chi connectivity index (χ1n) is 4.58. The number of aliphatic hydroxyl groups excluding tert-OH is 1. The van der Waals surface area contributed by atoms with Crippen molar-refractivity contribution in [3.05, 3.63) is 28.5 Å². The molecule has 0 radical (unpaired) electrons. The molecule has 1 aromatic carbocycles. The van der Waals surface area contributed by atoms with Crippen molar-refractivity contribution < 1.29 is 9.50 Å². The van der Waals surface area contributed by atoms with Gasteiger partial charge in [0.2, 0.25) is 0 Å². The van der Waals surface area contributed by atoms with E-state index in [1.165, 1.54) is 6.07 Å². The molecule has 0 unspecified atom stereocenters. The lowest BCUT2D eigenvalue weighted by atomic mass is 10.3. The van der Waals surface area contributed by atoms with Crippen LogP contribution < -0.4 is 5.43 Å². The van der Waals surface area contributed by atoms with Gasteiger partial charge in [0.1, 0.15) is 5.82 Å². The number of hydrogen-bond acceptors (Lipinski definition) is 3. The first-order valence-corrected chi connectivity index (χ1v) is 5.37. The van der Waals surface area contributed by atoms with Crippen LogP contribution in [0.4, 0.5) is 10.1 Å². The quantitative estimate of drug-likeness (QED) is 0.493. The minimum atomic E-state index is -0.328. The summed E-state index contributed by atoms with van der Waals surface area (Å²) in [7, 11) is 0. The fourth-order valence-electron chi connectivity index (χ4n) is 0.952. The number of aliphatic hydroxyl groups is 1. The zero-order chi connectivity index (χ0) is 11.1. The number of benzene rings is 1. The molecule has 0 saturated heterocycles. The fourth-order valence-corrected chi connectivity index (χ4v) is 1.31. The predicted octanol–water partition coefficient (Wildman–Crippen LogP) is 2.76. The molecule has 0 heterocycles.